The first-order valence-corrected chi connectivity index (χ1v) is 9.80. The van der Waals surface area contributed by atoms with Gasteiger partial charge in [0.05, 0.1) is 11.6 Å². The predicted molar refractivity (Wildman–Crippen MR) is 102 cm³/mol. The largest absolute Gasteiger partial charge is 0.356 e. The minimum absolute atomic E-state index is 0.112. The molecule has 27 heavy (non-hydrogen) atoms. The maximum absolute atomic E-state index is 12.5. The topological polar surface area (TPSA) is 91.4 Å². The van der Waals surface area contributed by atoms with Gasteiger partial charge >= 0.3 is 6.03 Å². The lowest BCUT2D eigenvalue weighted by Crippen LogP contribution is -2.33. The average Bonchev–Trinajstić information content (AvgIpc) is 3.25. The van der Waals surface area contributed by atoms with E-state index < -0.39 is 12.1 Å². The van der Waals surface area contributed by atoms with Crippen molar-refractivity contribution in [1.29, 1.82) is 0 Å². The Bertz CT molecular complexity index is 828. The summed E-state index contributed by atoms with van der Waals surface area (Å²) >= 11 is 7.64. The van der Waals surface area contributed by atoms with Gasteiger partial charge in [-0.05, 0) is 18.1 Å². The zero-order valence-corrected chi connectivity index (χ0v) is 16.1. The third kappa shape index (κ3) is 5.05. The van der Waals surface area contributed by atoms with Crippen molar-refractivity contribution in [2.75, 3.05) is 6.54 Å². The normalized spacial score (nSPS) is 16.5. The lowest BCUT2D eigenvalue weighted by atomic mass is 10.1. The Hall–Kier alpha value is -2.45. The molecule has 0 radical (unpaired) electrons. The Morgan fingerprint density at radius 2 is 2.15 bits per heavy atom. The van der Waals surface area contributed by atoms with Gasteiger partial charge in [-0.2, -0.15) is 0 Å². The molecule has 4 amide bonds. The number of nitrogens with zero attached hydrogens (tertiary/aromatic N) is 2. The number of benzene rings is 1. The fourth-order valence-corrected chi connectivity index (χ4v) is 3.58. The van der Waals surface area contributed by atoms with Gasteiger partial charge < -0.3 is 10.6 Å². The highest BCUT2D eigenvalue weighted by Crippen LogP contribution is 2.20. The van der Waals surface area contributed by atoms with Gasteiger partial charge in [0.25, 0.3) is 5.91 Å². The monoisotopic (exact) mass is 406 g/mol. The number of aromatic nitrogens is 1. The van der Waals surface area contributed by atoms with Crippen LogP contribution in [0.15, 0.2) is 35.8 Å². The molecule has 1 saturated heterocycles. The van der Waals surface area contributed by atoms with E-state index in [0.717, 1.165) is 9.91 Å². The van der Waals surface area contributed by atoms with E-state index in [1.807, 2.05) is 5.38 Å². The van der Waals surface area contributed by atoms with E-state index in [9.17, 15) is 14.4 Å². The van der Waals surface area contributed by atoms with E-state index >= 15 is 0 Å². The summed E-state index contributed by atoms with van der Waals surface area (Å²) in [5.41, 5.74) is 0.697. The van der Waals surface area contributed by atoms with E-state index in [-0.39, 0.29) is 31.2 Å². The fraction of sp³-hybridized carbons (Fsp3) is 0.333. The van der Waals surface area contributed by atoms with Crippen molar-refractivity contribution in [2.24, 2.45) is 0 Å². The molecule has 0 spiro atoms. The van der Waals surface area contributed by atoms with Crippen LogP contribution in [-0.2, 0) is 22.6 Å². The SMILES string of the molecule is O=C(CC[C@@H]1NC(=O)N(Cc2ccccc2Cl)C1=O)NCCc1nccs1. The van der Waals surface area contributed by atoms with Crippen LogP contribution < -0.4 is 10.6 Å². The van der Waals surface area contributed by atoms with E-state index in [4.69, 9.17) is 11.6 Å². The van der Waals surface area contributed by atoms with Crippen molar-refractivity contribution in [3.05, 3.63) is 51.4 Å². The van der Waals surface area contributed by atoms with Gasteiger partial charge in [0.1, 0.15) is 6.04 Å². The van der Waals surface area contributed by atoms with Crippen LogP contribution >= 0.6 is 22.9 Å². The highest BCUT2D eigenvalue weighted by molar-refractivity contribution is 7.09. The Morgan fingerprint density at radius 3 is 2.89 bits per heavy atom. The van der Waals surface area contributed by atoms with E-state index in [0.29, 0.717) is 23.6 Å². The molecule has 3 rings (SSSR count). The summed E-state index contributed by atoms with van der Waals surface area (Å²) in [5.74, 6) is -0.492. The number of halogens is 1. The molecule has 1 aliphatic heterocycles. The van der Waals surface area contributed by atoms with Gasteiger partial charge in [0.2, 0.25) is 5.91 Å². The first-order valence-electron chi connectivity index (χ1n) is 8.55. The second-order valence-electron chi connectivity index (χ2n) is 6.08. The molecule has 2 aromatic rings. The lowest BCUT2D eigenvalue weighted by molar-refractivity contribution is -0.128. The number of imide groups is 1. The number of carbonyl (C=O) groups excluding carboxylic acids is 3. The molecule has 142 valence electrons. The van der Waals surface area contributed by atoms with Gasteiger partial charge in [-0.1, -0.05) is 29.8 Å². The van der Waals surface area contributed by atoms with Gasteiger partial charge in [0, 0.05) is 36.0 Å². The molecule has 1 aliphatic rings. The zero-order valence-electron chi connectivity index (χ0n) is 14.5. The molecule has 1 fully saturated rings. The van der Waals surface area contributed by atoms with Crippen LogP contribution in [0.5, 0.6) is 0 Å². The van der Waals surface area contributed by atoms with E-state index in [1.54, 1.807) is 41.8 Å². The molecule has 0 bridgehead atoms. The van der Waals surface area contributed by atoms with Crippen LogP contribution in [0, 0.1) is 0 Å². The Morgan fingerprint density at radius 1 is 1.33 bits per heavy atom. The minimum Gasteiger partial charge on any atom is -0.356 e. The van der Waals surface area contributed by atoms with Gasteiger partial charge in [-0.15, -0.1) is 11.3 Å². The second kappa shape index (κ2) is 8.96. The van der Waals surface area contributed by atoms with Crippen molar-refractivity contribution >= 4 is 40.8 Å². The second-order valence-corrected chi connectivity index (χ2v) is 7.47. The van der Waals surface area contributed by atoms with Gasteiger partial charge in [-0.3, -0.25) is 14.5 Å². The minimum atomic E-state index is -0.690. The van der Waals surface area contributed by atoms with Crippen LogP contribution in [0.1, 0.15) is 23.4 Å². The number of nitrogens with one attached hydrogen (secondary N) is 2. The van der Waals surface area contributed by atoms with Gasteiger partial charge in [0.15, 0.2) is 0 Å². The van der Waals surface area contributed by atoms with Crippen molar-refractivity contribution in [3.8, 4) is 0 Å². The standard InChI is InChI=1S/C18H19ClN4O3S/c19-13-4-2-1-3-12(13)11-23-17(25)14(22-18(23)26)5-6-15(24)20-8-7-16-21-9-10-27-16/h1-4,9-10,14H,5-8,11H2,(H,20,24)(H,22,26)/t14-/m0/s1. The van der Waals surface area contributed by atoms with Crippen molar-refractivity contribution in [3.63, 3.8) is 0 Å². The molecule has 7 nitrogen and oxygen atoms in total. The maximum Gasteiger partial charge on any atom is 0.325 e. The summed E-state index contributed by atoms with van der Waals surface area (Å²) in [6.07, 6.45) is 2.82. The summed E-state index contributed by atoms with van der Waals surface area (Å²) in [6.45, 7) is 0.608. The number of thiazole rings is 1. The van der Waals surface area contributed by atoms with Crippen LogP contribution in [-0.4, -0.2) is 40.3 Å². The van der Waals surface area contributed by atoms with Gasteiger partial charge in [-0.25, -0.2) is 9.78 Å². The summed E-state index contributed by atoms with van der Waals surface area (Å²) < 4.78 is 0. The smallest absolute Gasteiger partial charge is 0.325 e. The van der Waals surface area contributed by atoms with Crippen LogP contribution in [0.3, 0.4) is 0 Å². The summed E-state index contributed by atoms with van der Waals surface area (Å²) in [6, 6.07) is 5.91. The molecule has 1 atom stereocenters. The highest BCUT2D eigenvalue weighted by atomic mass is 35.5. The van der Waals surface area contributed by atoms with Crippen LogP contribution in [0.2, 0.25) is 5.02 Å². The number of carbonyl (C=O) groups is 3. The first kappa shape index (κ1) is 19.3. The van der Waals surface area contributed by atoms with Crippen molar-refractivity contribution < 1.29 is 14.4 Å². The molecule has 0 aliphatic carbocycles. The molecule has 2 heterocycles. The molecule has 9 heteroatoms. The summed E-state index contributed by atoms with van der Waals surface area (Å²) in [7, 11) is 0. The Kier molecular flexibility index (Phi) is 6.41. The molecular weight excluding hydrogens is 388 g/mol. The summed E-state index contributed by atoms with van der Waals surface area (Å²) in [4.78, 5) is 41.8. The zero-order chi connectivity index (χ0) is 19.2. The third-order valence-corrected chi connectivity index (χ3v) is 5.41. The number of hydrogen-bond donors (Lipinski definition) is 2. The lowest BCUT2D eigenvalue weighted by Gasteiger charge is -2.14. The van der Waals surface area contributed by atoms with Crippen LogP contribution in [0.4, 0.5) is 4.79 Å². The molecule has 0 unspecified atom stereocenters. The molecule has 1 aromatic carbocycles. The average molecular weight is 407 g/mol. The number of urea groups is 1. The fourth-order valence-electron chi connectivity index (χ4n) is 2.77. The maximum atomic E-state index is 12.5. The highest BCUT2D eigenvalue weighted by Gasteiger charge is 2.38. The van der Waals surface area contributed by atoms with E-state index in [2.05, 4.69) is 15.6 Å². The molecule has 2 N–H and O–H groups in total. The van der Waals surface area contributed by atoms with Crippen LogP contribution in [0.25, 0.3) is 0 Å². The number of hydrogen-bond acceptors (Lipinski definition) is 5. The molecular formula is C18H19ClN4O3S. The first-order chi connectivity index (χ1) is 13.0. The summed E-state index contributed by atoms with van der Waals surface area (Å²) in [5, 5.41) is 8.79. The third-order valence-electron chi connectivity index (χ3n) is 4.20. The molecule has 1 aromatic heterocycles. The van der Waals surface area contributed by atoms with Crippen molar-refractivity contribution in [1.82, 2.24) is 20.5 Å². The number of rotatable bonds is 8. The Balaban J connectivity index is 1.45. The van der Waals surface area contributed by atoms with Crippen molar-refractivity contribution in [2.45, 2.75) is 31.8 Å². The quantitative estimate of drug-likeness (QED) is 0.658. The van der Waals surface area contributed by atoms with E-state index in [1.165, 1.54) is 0 Å². The number of amides is 4. The Labute approximate surface area is 165 Å². The molecule has 0 saturated carbocycles. The predicted octanol–water partition coefficient (Wildman–Crippen LogP) is 2.36.